The maximum Gasteiger partial charge on any atom is 0.166 e. The second-order valence-electron chi connectivity index (χ2n) is 5.42. The number of carbonyl (C=O) groups is 1. The van der Waals surface area contributed by atoms with Crippen LogP contribution in [0.15, 0.2) is 18.2 Å². The molecule has 0 unspecified atom stereocenters. The van der Waals surface area contributed by atoms with Gasteiger partial charge in [0, 0.05) is 17.5 Å². The van der Waals surface area contributed by atoms with Crippen LogP contribution in [0.2, 0.25) is 0 Å². The fraction of sp³-hybridized carbons (Fsp3) is 0.562. The average Bonchev–Trinajstić information content (AvgIpc) is 2.46. The van der Waals surface area contributed by atoms with Gasteiger partial charge < -0.3 is 9.47 Å². The van der Waals surface area contributed by atoms with Gasteiger partial charge in [-0.15, -0.1) is 0 Å². The van der Waals surface area contributed by atoms with Gasteiger partial charge in [0.1, 0.15) is 11.5 Å². The van der Waals surface area contributed by atoms with E-state index in [2.05, 4.69) is 6.92 Å². The van der Waals surface area contributed by atoms with Crippen LogP contribution in [0, 0.1) is 11.8 Å². The molecule has 3 heteroatoms. The molecule has 19 heavy (non-hydrogen) atoms. The highest BCUT2D eigenvalue weighted by molar-refractivity contribution is 5.98. The van der Waals surface area contributed by atoms with Gasteiger partial charge >= 0.3 is 0 Å². The summed E-state index contributed by atoms with van der Waals surface area (Å²) in [6.07, 6.45) is 4.30. The van der Waals surface area contributed by atoms with Gasteiger partial charge in [0.2, 0.25) is 0 Å². The van der Waals surface area contributed by atoms with E-state index in [1.54, 1.807) is 20.3 Å². The van der Waals surface area contributed by atoms with Crippen LogP contribution >= 0.6 is 0 Å². The second-order valence-corrected chi connectivity index (χ2v) is 5.42. The van der Waals surface area contributed by atoms with E-state index in [0.29, 0.717) is 17.1 Å². The van der Waals surface area contributed by atoms with Crippen molar-refractivity contribution in [3.05, 3.63) is 23.8 Å². The summed E-state index contributed by atoms with van der Waals surface area (Å²) in [4.78, 5) is 12.5. The second kappa shape index (κ2) is 6.09. The topological polar surface area (TPSA) is 35.5 Å². The molecule has 2 rings (SSSR count). The maximum atomic E-state index is 12.5. The third kappa shape index (κ3) is 3.28. The summed E-state index contributed by atoms with van der Waals surface area (Å²) in [6.45, 7) is 2.26. The number of ketones is 1. The predicted molar refractivity (Wildman–Crippen MR) is 75.0 cm³/mol. The van der Waals surface area contributed by atoms with Gasteiger partial charge in [0.15, 0.2) is 5.78 Å². The Balaban J connectivity index is 2.18. The number of hydrogen-bond donors (Lipinski definition) is 0. The summed E-state index contributed by atoms with van der Waals surface area (Å²) in [5, 5.41) is 0. The van der Waals surface area contributed by atoms with E-state index >= 15 is 0 Å². The molecule has 3 nitrogen and oxygen atoms in total. The van der Waals surface area contributed by atoms with Gasteiger partial charge in [-0.3, -0.25) is 4.79 Å². The number of hydrogen-bond acceptors (Lipinski definition) is 3. The molecular weight excluding hydrogens is 240 g/mol. The van der Waals surface area contributed by atoms with Crippen LogP contribution in [0.5, 0.6) is 11.5 Å². The molecule has 1 fully saturated rings. The minimum atomic E-state index is 0.160. The molecule has 0 heterocycles. The number of rotatable bonds is 4. The van der Waals surface area contributed by atoms with Crippen molar-refractivity contribution in [2.24, 2.45) is 11.8 Å². The smallest absolute Gasteiger partial charge is 0.166 e. The molecule has 1 aliphatic rings. The van der Waals surface area contributed by atoms with Crippen molar-refractivity contribution in [1.82, 2.24) is 0 Å². The number of ether oxygens (including phenoxy) is 2. The standard InChI is InChI=1S/C16H22O3/c1-11-4-6-12(7-5-11)16(17)13-8-14(18-2)10-15(9-13)19-3/h8-12H,4-7H2,1-3H3. The molecule has 0 N–H and O–H groups in total. The van der Waals surface area contributed by atoms with Gasteiger partial charge in [0.05, 0.1) is 14.2 Å². The van der Waals surface area contributed by atoms with E-state index in [9.17, 15) is 4.79 Å². The van der Waals surface area contributed by atoms with E-state index in [1.807, 2.05) is 12.1 Å². The van der Waals surface area contributed by atoms with E-state index in [-0.39, 0.29) is 11.7 Å². The Labute approximate surface area is 114 Å². The molecule has 1 aliphatic carbocycles. The van der Waals surface area contributed by atoms with Crippen LogP contribution in [0.1, 0.15) is 43.0 Å². The highest BCUT2D eigenvalue weighted by Crippen LogP contribution is 2.32. The Morgan fingerprint density at radius 2 is 1.53 bits per heavy atom. The molecule has 104 valence electrons. The molecule has 1 saturated carbocycles. The van der Waals surface area contributed by atoms with Crippen molar-refractivity contribution >= 4 is 5.78 Å². The molecule has 0 bridgehead atoms. The summed E-state index contributed by atoms with van der Waals surface area (Å²) in [5.74, 6) is 2.49. The fourth-order valence-corrected chi connectivity index (χ4v) is 2.71. The molecule has 0 aliphatic heterocycles. The third-order valence-electron chi connectivity index (χ3n) is 4.02. The van der Waals surface area contributed by atoms with Gasteiger partial charge in [-0.2, -0.15) is 0 Å². The van der Waals surface area contributed by atoms with Crippen LogP contribution in [-0.2, 0) is 0 Å². The summed E-state index contributed by atoms with van der Waals surface area (Å²) in [7, 11) is 3.20. The first-order valence-electron chi connectivity index (χ1n) is 6.91. The van der Waals surface area contributed by atoms with Gasteiger partial charge in [0.25, 0.3) is 0 Å². The SMILES string of the molecule is COc1cc(OC)cc(C(=O)C2CCC(C)CC2)c1. The summed E-state index contributed by atoms with van der Waals surface area (Å²) >= 11 is 0. The summed E-state index contributed by atoms with van der Waals surface area (Å²) in [5.41, 5.74) is 0.704. The Bertz CT molecular complexity index is 423. The number of benzene rings is 1. The number of carbonyl (C=O) groups excluding carboxylic acids is 1. The lowest BCUT2D eigenvalue weighted by atomic mass is 9.79. The Morgan fingerprint density at radius 3 is 2.00 bits per heavy atom. The predicted octanol–water partition coefficient (Wildman–Crippen LogP) is 3.71. The highest BCUT2D eigenvalue weighted by Gasteiger charge is 2.25. The van der Waals surface area contributed by atoms with Crippen LogP contribution in [0.25, 0.3) is 0 Å². The average molecular weight is 262 g/mol. The molecule has 0 saturated heterocycles. The zero-order valence-electron chi connectivity index (χ0n) is 11.9. The van der Waals surface area contributed by atoms with Crippen molar-refractivity contribution in [2.75, 3.05) is 14.2 Å². The van der Waals surface area contributed by atoms with Crippen molar-refractivity contribution in [1.29, 1.82) is 0 Å². The number of Topliss-reactive ketones (excluding diaryl/α,β-unsaturated/α-hetero) is 1. The molecule has 1 aromatic rings. The third-order valence-corrected chi connectivity index (χ3v) is 4.02. The molecular formula is C16H22O3. The molecule has 0 amide bonds. The minimum absolute atomic E-state index is 0.160. The molecule has 1 aromatic carbocycles. The zero-order chi connectivity index (χ0) is 13.8. The Kier molecular flexibility index (Phi) is 4.46. The van der Waals surface area contributed by atoms with Crippen molar-refractivity contribution < 1.29 is 14.3 Å². The van der Waals surface area contributed by atoms with Crippen molar-refractivity contribution in [2.45, 2.75) is 32.6 Å². The monoisotopic (exact) mass is 262 g/mol. The van der Waals surface area contributed by atoms with E-state index in [1.165, 1.54) is 0 Å². The molecule has 0 spiro atoms. The molecule has 0 aromatic heterocycles. The van der Waals surface area contributed by atoms with E-state index in [4.69, 9.17) is 9.47 Å². The van der Waals surface area contributed by atoms with Crippen LogP contribution in [0.3, 0.4) is 0 Å². The molecule has 0 radical (unpaired) electrons. The van der Waals surface area contributed by atoms with Crippen molar-refractivity contribution in [3.8, 4) is 11.5 Å². The summed E-state index contributed by atoms with van der Waals surface area (Å²) in [6, 6.07) is 5.41. The molecule has 0 atom stereocenters. The first kappa shape index (κ1) is 13.9. The number of methoxy groups -OCH3 is 2. The van der Waals surface area contributed by atoms with Crippen LogP contribution in [-0.4, -0.2) is 20.0 Å². The van der Waals surface area contributed by atoms with Gasteiger partial charge in [-0.1, -0.05) is 19.8 Å². The largest absolute Gasteiger partial charge is 0.497 e. The Hall–Kier alpha value is -1.51. The lowest BCUT2D eigenvalue weighted by Gasteiger charge is -2.25. The lowest BCUT2D eigenvalue weighted by Crippen LogP contribution is -2.21. The lowest BCUT2D eigenvalue weighted by molar-refractivity contribution is 0.0875. The maximum absolute atomic E-state index is 12.5. The fourth-order valence-electron chi connectivity index (χ4n) is 2.71. The summed E-state index contributed by atoms with van der Waals surface area (Å²) < 4.78 is 10.4. The quantitative estimate of drug-likeness (QED) is 0.776. The van der Waals surface area contributed by atoms with E-state index < -0.39 is 0 Å². The van der Waals surface area contributed by atoms with Gasteiger partial charge in [-0.05, 0) is 30.9 Å². The highest BCUT2D eigenvalue weighted by atomic mass is 16.5. The first-order chi connectivity index (χ1) is 9.13. The normalized spacial score (nSPS) is 22.9. The van der Waals surface area contributed by atoms with E-state index in [0.717, 1.165) is 31.6 Å². The Morgan fingerprint density at radius 1 is 1.00 bits per heavy atom. The minimum Gasteiger partial charge on any atom is -0.497 e. The van der Waals surface area contributed by atoms with Crippen LogP contribution < -0.4 is 9.47 Å². The van der Waals surface area contributed by atoms with Crippen molar-refractivity contribution in [3.63, 3.8) is 0 Å². The van der Waals surface area contributed by atoms with Crippen LogP contribution in [0.4, 0.5) is 0 Å². The zero-order valence-corrected chi connectivity index (χ0v) is 11.9. The van der Waals surface area contributed by atoms with Gasteiger partial charge in [-0.25, -0.2) is 0 Å². The first-order valence-corrected chi connectivity index (χ1v) is 6.91.